The maximum atomic E-state index is 12.9. The van der Waals surface area contributed by atoms with Gasteiger partial charge in [-0.15, -0.1) is 0 Å². The SMILES string of the molecule is CN1CCC(C(=O)c2cccc(NC(=O)c3ccccc3OCc3ccccc3)n2)CC1. The summed E-state index contributed by atoms with van der Waals surface area (Å²) < 4.78 is 5.89. The molecule has 0 spiro atoms. The predicted molar refractivity (Wildman–Crippen MR) is 124 cm³/mol. The Balaban J connectivity index is 1.44. The van der Waals surface area contributed by atoms with Crippen LogP contribution < -0.4 is 10.1 Å². The molecule has 3 aromatic rings. The molecule has 0 saturated carbocycles. The number of aromatic nitrogens is 1. The van der Waals surface area contributed by atoms with Crippen molar-refractivity contribution in [3.63, 3.8) is 0 Å². The average Bonchev–Trinajstić information content (AvgIpc) is 2.84. The third-order valence-corrected chi connectivity index (χ3v) is 5.70. The van der Waals surface area contributed by atoms with Crippen molar-refractivity contribution in [2.75, 3.05) is 25.5 Å². The molecule has 32 heavy (non-hydrogen) atoms. The standard InChI is InChI=1S/C26H27N3O3/c1-29-16-14-20(15-17-29)25(30)22-11-7-13-24(27-22)28-26(31)21-10-5-6-12-23(21)32-18-19-8-3-2-4-9-19/h2-13,20H,14-18H2,1H3,(H,27,28,31). The maximum absolute atomic E-state index is 12.9. The summed E-state index contributed by atoms with van der Waals surface area (Å²) in [6.07, 6.45) is 1.67. The Morgan fingerprint density at radius 3 is 2.47 bits per heavy atom. The summed E-state index contributed by atoms with van der Waals surface area (Å²) in [5.41, 5.74) is 1.83. The first kappa shape index (κ1) is 21.7. The summed E-state index contributed by atoms with van der Waals surface area (Å²) in [5, 5.41) is 2.81. The zero-order valence-corrected chi connectivity index (χ0v) is 18.2. The number of rotatable bonds is 7. The molecule has 1 saturated heterocycles. The lowest BCUT2D eigenvalue weighted by molar-refractivity contribution is 0.0851. The van der Waals surface area contributed by atoms with Gasteiger partial charge in [0, 0.05) is 5.92 Å². The summed E-state index contributed by atoms with van der Waals surface area (Å²) in [6.45, 7) is 2.18. The number of likely N-dealkylation sites (tertiary alicyclic amines) is 1. The number of hydrogen-bond acceptors (Lipinski definition) is 5. The fourth-order valence-electron chi connectivity index (χ4n) is 3.82. The molecule has 0 aliphatic carbocycles. The molecular weight excluding hydrogens is 402 g/mol. The number of benzene rings is 2. The minimum absolute atomic E-state index is 0.0169. The van der Waals surface area contributed by atoms with E-state index in [4.69, 9.17) is 4.74 Å². The van der Waals surface area contributed by atoms with Crippen LogP contribution in [-0.2, 0) is 6.61 Å². The van der Waals surface area contributed by atoms with E-state index in [1.807, 2.05) is 36.4 Å². The van der Waals surface area contributed by atoms with Gasteiger partial charge in [-0.05, 0) is 62.8 Å². The average molecular weight is 430 g/mol. The van der Waals surface area contributed by atoms with Gasteiger partial charge >= 0.3 is 0 Å². The number of ether oxygens (including phenoxy) is 1. The Labute approximate surface area is 188 Å². The molecular formula is C26H27N3O3. The largest absolute Gasteiger partial charge is 0.488 e. The quantitative estimate of drug-likeness (QED) is 0.563. The minimum atomic E-state index is -0.329. The second-order valence-electron chi connectivity index (χ2n) is 8.07. The lowest BCUT2D eigenvalue weighted by atomic mass is 9.91. The molecule has 0 unspecified atom stereocenters. The normalized spacial score (nSPS) is 14.7. The minimum Gasteiger partial charge on any atom is -0.488 e. The van der Waals surface area contributed by atoms with Crippen LogP contribution in [0.1, 0.15) is 39.3 Å². The van der Waals surface area contributed by atoms with Crippen LogP contribution in [0.25, 0.3) is 0 Å². The van der Waals surface area contributed by atoms with E-state index in [2.05, 4.69) is 22.2 Å². The number of anilines is 1. The number of nitrogens with zero attached hydrogens (tertiary/aromatic N) is 2. The van der Waals surface area contributed by atoms with E-state index < -0.39 is 0 Å². The van der Waals surface area contributed by atoms with Gasteiger partial charge in [0.05, 0.1) is 5.56 Å². The summed E-state index contributed by atoms with van der Waals surface area (Å²) >= 11 is 0. The third kappa shape index (κ3) is 5.39. The number of carbonyl (C=O) groups is 2. The lowest BCUT2D eigenvalue weighted by Gasteiger charge is -2.27. The molecule has 0 radical (unpaired) electrons. The van der Waals surface area contributed by atoms with Crippen LogP contribution in [0, 0.1) is 5.92 Å². The highest BCUT2D eigenvalue weighted by Gasteiger charge is 2.25. The Hall–Kier alpha value is -3.51. The number of carbonyl (C=O) groups excluding carboxylic acids is 2. The monoisotopic (exact) mass is 429 g/mol. The Morgan fingerprint density at radius 2 is 1.69 bits per heavy atom. The molecule has 1 aliphatic heterocycles. The van der Waals surface area contributed by atoms with Gasteiger partial charge in [-0.2, -0.15) is 0 Å². The third-order valence-electron chi connectivity index (χ3n) is 5.70. The smallest absolute Gasteiger partial charge is 0.260 e. The Bertz CT molecular complexity index is 1080. The molecule has 2 heterocycles. The predicted octanol–water partition coefficient (Wildman–Crippen LogP) is 4.44. The number of hydrogen-bond donors (Lipinski definition) is 1. The van der Waals surface area contributed by atoms with Crippen molar-refractivity contribution in [2.45, 2.75) is 19.4 Å². The molecule has 2 aromatic carbocycles. The molecule has 1 N–H and O–H groups in total. The summed E-state index contributed by atoms with van der Waals surface area (Å²) in [6, 6.07) is 22.0. The van der Waals surface area contributed by atoms with Crippen molar-refractivity contribution in [3.8, 4) is 5.75 Å². The first-order valence-corrected chi connectivity index (χ1v) is 10.9. The molecule has 1 amide bonds. The highest BCUT2D eigenvalue weighted by Crippen LogP contribution is 2.23. The highest BCUT2D eigenvalue weighted by molar-refractivity contribution is 6.06. The molecule has 4 rings (SSSR count). The fourth-order valence-corrected chi connectivity index (χ4v) is 3.82. The maximum Gasteiger partial charge on any atom is 0.260 e. The van der Waals surface area contributed by atoms with Gasteiger partial charge in [0.2, 0.25) is 0 Å². The number of nitrogens with one attached hydrogen (secondary N) is 1. The van der Waals surface area contributed by atoms with Gasteiger partial charge in [-0.25, -0.2) is 4.98 Å². The van der Waals surface area contributed by atoms with E-state index in [1.54, 1.807) is 36.4 Å². The first-order chi connectivity index (χ1) is 15.6. The zero-order chi connectivity index (χ0) is 22.3. The summed E-state index contributed by atoms with van der Waals surface area (Å²) in [7, 11) is 2.07. The van der Waals surface area contributed by atoms with Crippen LogP contribution >= 0.6 is 0 Å². The first-order valence-electron chi connectivity index (χ1n) is 10.9. The summed E-state index contributed by atoms with van der Waals surface area (Å²) in [4.78, 5) is 32.5. The van der Waals surface area contributed by atoms with E-state index in [0.717, 1.165) is 31.5 Å². The zero-order valence-electron chi connectivity index (χ0n) is 18.2. The van der Waals surface area contributed by atoms with E-state index in [0.29, 0.717) is 29.4 Å². The van der Waals surface area contributed by atoms with Gasteiger partial charge in [0.15, 0.2) is 5.78 Å². The van der Waals surface area contributed by atoms with Crippen molar-refractivity contribution in [1.82, 2.24) is 9.88 Å². The number of amides is 1. The van der Waals surface area contributed by atoms with E-state index in [1.165, 1.54) is 0 Å². The highest BCUT2D eigenvalue weighted by atomic mass is 16.5. The van der Waals surface area contributed by atoms with Gasteiger partial charge < -0.3 is 15.0 Å². The second-order valence-corrected chi connectivity index (χ2v) is 8.07. The topological polar surface area (TPSA) is 71.5 Å². The molecule has 1 fully saturated rings. The van der Waals surface area contributed by atoms with E-state index >= 15 is 0 Å². The van der Waals surface area contributed by atoms with Crippen molar-refractivity contribution >= 4 is 17.5 Å². The molecule has 0 bridgehead atoms. The van der Waals surface area contributed by atoms with Crippen molar-refractivity contribution in [1.29, 1.82) is 0 Å². The van der Waals surface area contributed by atoms with Crippen LogP contribution in [0.4, 0.5) is 5.82 Å². The molecule has 6 nitrogen and oxygen atoms in total. The van der Waals surface area contributed by atoms with Crippen molar-refractivity contribution in [3.05, 3.63) is 89.6 Å². The number of para-hydroxylation sites is 1. The van der Waals surface area contributed by atoms with Crippen LogP contribution in [-0.4, -0.2) is 41.7 Å². The van der Waals surface area contributed by atoms with Gasteiger partial charge in [0.25, 0.3) is 5.91 Å². The number of ketones is 1. The molecule has 1 aliphatic rings. The van der Waals surface area contributed by atoms with Crippen molar-refractivity contribution in [2.24, 2.45) is 5.92 Å². The van der Waals surface area contributed by atoms with Crippen LogP contribution in [0.5, 0.6) is 5.75 Å². The van der Waals surface area contributed by atoms with Crippen molar-refractivity contribution < 1.29 is 14.3 Å². The molecule has 164 valence electrons. The number of Topliss-reactive ketones (excluding diaryl/α,β-unsaturated/α-hetero) is 1. The lowest BCUT2D eigenvalue weighted by Crippen LogP contribution is -2.33. The van der Waals surface area contributed by atoms with Gasteiger partial charge in [-0.1, -0.05) is 48.5 Å². The van der Waals surface area contributed by atoms with Crippen LogP contribution in [0.3, 0.4) is 0 Å². The Morgan fingerprint density at radius 1 is 0.969 bits per heavy atom. The van der Waals surface area contributed by atoms with Gasteiger partial charge in [-0.3, -0.25) is 9.59 Å². The molecule has 1 aromatic heterocycles. The van der Waals surface area contributed by atoms with E-state index in [9.17, 15) is 9.59 Å². The molecule has 6 heteroatoms. The van der Waals surface area contributed by atoms with Crippen LogP contribution in [0.15, 0.2) is 72.8 Å². The molecule has 0 atom stereocenters. The fraction of sp³-hybridized carbons (Fsp3) is 0.269. The summed E-state index contributed by atoms with van der Waals surface area (Å²) in [5.74, 6) is 0.543. The Kier molecular flexibility index (Phi) is 6.92. The number of piperidine rings is 1. The second kappa shape index (κ2) is 10.2. The van der Waals surface area contributed by atoms with E-state index in [-0.39, 0.29) is 17.6 Å². The van der Waals surface area contributed by atoms with Gasteiger partial charge in [0.1, 0.15) is 23.9 Å². The van der Waals surface area contributed by atoms with Crippen LogP contribution in [0.2, 0.25) is 0 Å². The number of pyridine rings is 1.